The summed E-state index contributed by atoms with van der Waals surface area (Å²) in [6, 6.07) is 12.3. The van der Waals surface area contributed by atoms with Crippen molar-refractivity contribution in [2.45, 2.75) is 23.6 Å². The van der Waals surface area contributed by atoms with E-state index in [1.54, 1.807) is 34.9 Å². The van der Waals surface area contributed by atoms with Gasteiger partial charge in [-0.2, -0.15) is 13.2 Å². The molecule has 0 bridgehead atoms. The summed E-state index contributed by atoms with van der Waals surface area (Å²) in [4.78, 5) is 19.4. The van der Waals surface area contributed by atoms with Crippen LogP contribution in [0.15, 0.2) is 58.5 Å². The molecule has 0 N–H and O–H groups in total. The largest absolute Gasteiger partial charge is 0.416 e. The number of hydrogen-bond donors (Lipinski definition) is 0. The van der Waals surface area contributed by atoms with E-state index in [-0.39, 0.29) is 11.3 Å². The number of aromatic nitrogens is 2. The highest BCUT2D eigenvalue weighted by Gasteiger charge is 2.30. The molecular weight excluding hydrogens is 387 g/mol. The van der Waals surface area contributed by atoms with Crippen molar-refractivity contribution in [3.8, 4) is 0 Å². The normalized spacial score (nSPS) is 12.1. The van der Waals surface area contributed by atoms with E-state index < -0.39 is 11.7 Å². The maximum atomic E-state index is 12.9. The Morgan fingerprint density at radius 3 is 2.57 bits per heavy atom. The number of nitrogens with zero attached hydrogens (tertiary/aromatic N) is 3. The first-order valence-electron chi connectivity index (χ1n) is 8.69. The molecule has 1 aromatic heterocycles. The summed E-state index contributed by atoms with van der Waals surface area (Å²) in [6.45, 7) is 1.10. The fourth-order valence-electron chi connectivity index (χ4n) is 2.74. The zero-order chi connectivity index (χ0) is 20.3. The Labute approximate surface area is 165 Å². The van der Waals surface area contributed by atoms with Crippen LogP contribution in [0.25, 0.3) is 10.9 Å². The molecule has 0 aliphatic rings. The third-order valence-electron chi connectivity index (χ3n) is 4.22. The molecular formula is C20H20F3N3OS. The van der Waals surface area contributed by atoms with Gasteiger partial charge >= 0.3 is 6.18 Å². The van der Waals surface area contributed by atoms with Crippen LogP contribution >= 0.6 is 11.8 Å². The molecule has 8 heteroatoms. The maximum absolute atomic E-state index is 12.9. The highest BCUT2D eigenvalue weighted by molar-refractivity contribution is 7.98. The second-order valence-corrected chi connectivity index (χ2v) is 7.60. The lowest BCUT2D eigenvalue weighted by Crippen LogP contribution is -2.28. The summed E-state index contributed by atoms with van der Waals surface area (Å²) >= 11 is 1.27. The van der Waals surface area contributed by atoms with Crippen LogP contribution in [0.1, 0.15) is 11.1 Å². The van der Waals surface area contributed by atoms with Crippen LogP contribution in [0.5, 0.6) is 0 Å². The quantitative estimate of drug-likeness (QED) is 0.452. The first-order valence-corrected chi connectivity index (χ1v) is 9.67. The molecule has 0 unspecified atom stereocenters. The van der Waals surface area contributed by atoms with Gasteiger partial charge in [0.2, 0.25) is 0 Å². The van der Waals surface area contributed by atoms with Gasteiger partial charge < -0.3 is 4.90 Å². The van der Waals surface area contributed by atoms with Crippen molar-refractivity contribution in [3.63, 3.8) is 0 Å². The molecule has 4 nitrogen and oxygen atoms in total. The van der Waals surface area contributed by atoms with Gasteiger partial charge in [0.1, 0.15) is 0 Å². The molecule has 0 radical (unpaired) electrons. The number of alkyl halides is 3. The first-order chi connectivity index (χ1) is 13.3. The Morgan fingerprint density at radius 2 is 1.86 bits per heavy atom. The minimum atomic E-state index is -4.38. The van der Waals surface area contributed by atoms with Gasteiger partial charge in [-0.15, -0.1) is 0 Å². The summed E-state index contributed by atoms with van der Waals surface area (Å²) in [6.07, 6.45) is -4.38. The lowest BCUT2D eigenvalue weighted by molar-refractivity contribution is -0.137. The van der Waals surface area contributed by atoms with E-state index in [0.29, 0.717) is 34.7 Å². The van der Waals surface area contributed by atoms with E-state index in [9.17, 15) is 18.0 Å². The van der Waals surface area contributed by atoms with Crippen molar-refractivity contribution >= 4 is 22.7 Å². The van der Waals surface area contributed by atoms with Crippen LogP contribution in [0.2, 0.25) is 0 Å². The van der Waals surface area contributed by atoms with E-state index in [1.165, 1.54) is 17.8 Å². The fraction of sp³-hybridized carbons (Fsp3) is 0.300. The number of rotatable bonds is 6. The van der Waals surface area contributed by atoms with Crippen LogP contribution in [0.3, 0.4) is 0 Å². The monoisotopic (exact) mass is 407 g/mol. The molecule has 3 rings (SSSR count). The zero-order valence-corrected chi connectivity index (χ0v) is 16.3. The van der Waals surface area contributed by atoms with Gasteiger partial charge in [0.25, 0.3) is 5.56 Å². The van der Waals surface area contributed by atoms with Crippen molar-refractivity contribution in [1.29, 1.82) is 0 Å². The Morgan fingerprint density at radius 1 is 1.11 bits per heavy atom. The lowest BCUT2D eigenvalue weighted by atomic mass is 10.1. The molecule has 3 aromatic rings. The summed E-state index contributed by atoms with van der Waals surface area (Å²) in [7, 11) is 3.82. The highest BCUT2D eigenvalue weighted by atomic mass is 32.2. The minimum absolute atomic E-state index is 0.140. The predicted octanol–water partition coefficient (Wildman–Crippen LogP) is 4.27. The van der Waals surface area contributed by atoms with E-state index >= 15 is 0 Å². The number of hydrogen-bond acceptors (Lipinski definition) is 4. The molecule has 28 heavy (non-hydrogen) atoms. The Bertz CT molecular complexity index is 1030. The summed E-state index contributed by atoms with van der Waals surface area (Å²) in [5, 5.41) is 1.03. The molecule has 0 amide bonds. The van der Waals surface area contributed by atoms with Crippen LogP contribution in [-0.4, -0.2) is 35.1 Å². The van der Waals surface area contributed by atoms with Crippen LogP contribution in [0.4, 0.5) is 13.2 Å². The average Bonchev–Trinajstić information content (AvgIpc) is 2.65. The van der Waals surface area contributed by atoms with Crippen molar-refractivity contribution in [3.05, 3.63) is 70.0 Å². The predicted molar refractivity (Wildman–Crippen MR) is 106 cm³/mol. The molecule has 0 fully saturated rings. The second-order valence-electron chi connectivity index (χ2n) is 6.66. The van der Waals surface area contributed by atoms with Gasteiger partial charge in [-0.3, -0.25) is 9.36 Å². The number of likely N-dealkylation sites (N-methyl/N-ethyl adjacent to an activating group) is 1. The standard InChI is InChI=1S/C20H20F3N3OS/c1-25(2)10-11-26-18(27)16-8-3-4-9-17(16)24-19(26)28-13-14-6-5-7-15(12-14)20(21,22)23/h3-9,12H,10-11,13H2,1-2H3. The van der Waals surface area contributed by atoms with E-state index in [0.717, 1.165) is 12.1 Å². The average molecular weight is 407 g/mol. The van der Waals surface area contributed by atoms with Gasteiger partial charge in [-0.1, -0.05) is 42.1 Å². The van der Waals surface area contributed by atoms with E-state index in [2.05, 4.69) is 4.98 Å². The highest BCUT2D eigenvalue weighted by Crippen LogP contribution is 2.31. The van der Waals surface area contributed by atoms with Crippen molar-refractivity contribution in [2.24, 2.45) is 0 Å². The third kappa shape index (κ3) is 4.74. The molecule has 2 aromatic carbocycles. The molecule has 0 saturated heterocycles. The SMILES string of the molecule is CN(C)CCn1c(SCc2cccc(C(F)(F)F)c2)nc2ccccc2c1=O. The van der Waals surface area contributed by atoms with E-state index in [4.69, 9.17) is 0 Å². The van der Waals surface area contributed by atoms with Crippen molar-refractivity contribution in [1.82, 2.24) is 14.5 Å². The van der Waals surface area contributed by atoms with Crippen molar-refractivity contribution in [2.75, 3.05) is 20.6 Å². The van der Waals surface area contributed by atoms with Gasteiger partial charge in [0, 0.05) is 18.8 Å². The smallest absolute Gasteiger partial charge is 0.308 e. The fourth-order valence-corrected chi connectivity index (χ4v) is 3.71. The third-order valence-corrected chi connectivity index (χ3v) is 5.27. The van der Waals surface area contributed by atoms with Gasteiger partial charge in [0.05, 0.1) is 16.5 Å². The molecule has 0 aliphatic heterocycles. The topological polar surface area (TPSA) is 38.1 Å². The Kier molecular flexibility index (Phi) is 6.10. The molecule has 1 heterocycles. The summed E-state index contributed by atoms with van der Waals surface area (Å²) in [5.41, 5.74) is 0.294. The molecule has 0 spiro atoms. The van der Waals surface area contributed by atoms with Crippen LogP contribution in [0, 0.1) is 0 Å². The zero-order valence-electron chi connectivity index (χ0n) is 15.5. The number of para-hydroxylation sites is 1. The maximum Gasteiger partial charge on any atom is 0.416 e. The number of halogens is 3. The number of benzene rings is 2. The number of fused-ring (bicyclic) bond motifs is 1. The van der Waals surface area contributed by atoms with Gasteiger partial charge in [0.15, 0.2) is 5.16 Å². The number of thioether (sulfide) groups is 1. The van der Waals surface area contributed by atoms with Crippen molar-refractivity contribution < 1.29 is 13.2 Å². The molecule has 0 saturated carbocycles. The Balaban J connectivity index is 1.93. The molecule has 148 valence electrons. The first kappa shape index (κ1) is 20.4. The molecule has 0 atom stereocenters. The van der Waals surface area contributed by atoms with Crippen LogP contribution in [-0.2, 0) is 18.5 Å². The van der Waals surface area contributed by atoms with Crippen LogP contribution < -0.4 is 5.56 Å². The summed E-state index contributed by atoms with van der Waals surface area (Å²) < 4.78 is 40.4. The Hall–Kier alpha value is -2.32. The van der Waals surface area contributed by atoms with Gasteiger partial charge in [-0.25, -0.2) is 4.98 Å². The second kappa shape index (κ2) is 8.36. The van der Waals surface area contributed by atoms with Gasteiger partial charge in [-0.05, 0) is 37.9 Å². The lowest BCUT2D eigenvalue weighted by Gasteiger charge is -2.16. The summed E-state index contributed by atoms with van der Waals surface area (Å²) in [5.74, 6) is 0.288. The molecule has 0 aliphatic carbocycles. The van der Waals surface area contributed by atoms with E-state index in [1.807, 2.05) is 19.0 Å². The minimum Gasteiger partial charge on any atom is -0.308 e.